The summed E-state index contributed by atoms with van der Waals surface area (Å²) in [5, 5.41) is 11.2. The Bertz CT molecular complexity index is 835. The molecule has 27 heavy (non-hydrogen) atoms. The topological polar surface area (TPSA) is 99.0 Å². The minimum absolute atomic E-state index is 0.0439. The Morgan fingerprint density at radius 2 is 1.81 bits per heavy atom. The van der Waals surface area contributed by atoms with Crippen molar-refractivity contribution in [3.05, 3.63) is 69.8 Å². The van der Waals surface area contributed by atoms with Gasteiger partial charge in [0.2, 0.25) is 6.10 Å². The van der Waals surface area contributed by atoms with Crippen LogP contribution in [0.3, 0.4) is 0 Å². The Labute approximate surface area is 156 Å². The van der Waals surface area contributed by atoms with Crippen LogP contribution in [0.1, 0.15) is 28.9 Å². The Hall–Kier alpha value is -3.42. The Morgan fingerprint density at radius 3 is 2.37 bits per heavy atom. The minimum Gasteiger partial charge on any atom is -0.487 e. The number of carbonyl (C=O) groups excluding carboxylic acids is 2. The van der Waals surface area contributed by atoms with Crippen LogP contribution in [-0.2, 0) is 9.53 Å². The fourth-order valence-electron chi connectivity index (χ4n) is 2.36. The number of esters is 1. The number of hydrogen-bond donors (Lipinski definition) is 0. The molecule has 8 heteroatoms. The number of hydrogen-bond acceptors (Lipinski definition) is 6. The maximum atomic E-state index is 12.5. The van der Waals surface area contributed by atoms with E-state index < -0.39 is 22.9 Å². The molecule has 0 aliphatic heterocycles. The van der Waals surface area contributed by atoms with Gasteiger partial charge >= 0.3 is 11.7 Å². The lowest BCUT2D eigenvalue weighted by molar-refractivity contribution is -0.385. The lowest BCUT2D eigenvalue weighted by Crippen LogP contribution is -2.31. The number of nitro groups is 1. The van der Waals surface area contributed by atoms with Crippen LogP contribution in [0.25, 0.3) is 0 Å². The van der Waals surface area contributed by atoms with Gasteiger partial charge < -0.3 is 14.4 Å². The van der Waals surface area contributed by atoms with Gasteiger partial charge in [0.15, 0.2) is 5.75 Å². The maximum absolute atomic E-state index is 12.5. The maximum Gasteiger partial charge on any atom is 0.339 e. The monoisotopic (exact) mass is 372 g/mol. The van der Waals surface area contributed by atoms with Crippen molar-refractivity contribution >= 4 is 17.6 Å². The SMILES string of the molecule is CCOc1ccc(C(=O)O[C@H](C(=O)N(C)C)c2ccccc2)cc1[N+](=O)[O-]. The number of rotatable bonds is 7. The number of amides is 1. The molecule has 0 aliphatic rings. The van der Waals surface area contributed by atoms with E-state index in [9.17, 15) is 19.7 Å². The van der Waals surface area contributed by atoms with Gasteiger partial charge in [0.25, 0.3) is 5.91 Å². The van der Waals surface area contributed by atoms with Gasteiger partial charge in [0.1, 0.15) is 0 Å². The van der Waals surface area contributed by atoms with E-state index in [0.29, 0.717) is 5.56 Å². The molecule has 1 atom stereocenters. The number of carbonyl (C=O) groups is 2. The van der Waals surface area contributed by atoms with Crippen molar-refractivity contribution in [3.63, 3.8) is 0 Å². The predicted octanol–water partition coefficient (Wildman–Crippen LogP) is 2.98. The fraction of sp³-hybridized carbons (Fsp3) is 0.263. The second-order valence-electron chi connectivity index (χ2n) is 5.80. The van der Waals surface area contributed by atoms with E-state index in [1.54, 1.807) is 51.4 Å². The normalized spacial score (nSPS) is 11.4. The summed E-state index contributed by atoms with van der Waals surface area (Å²) < 4.78 is 10.6. The van der Waals surface area contributed by atoms with Gasteiger partial charge in [0, 0.05) is 25.7 Å². The molecule has 0 saturated heterocycles. The standard InChI is InChI=1S/C19H20N2O6/c1-4-26-16-11-10-14(12-15(16)21(24)25)19(23)27-17(18(22)20(2)3)13-8-6-5-7-9-13/h5-12,17H,4H2,1-3H3/t17-/m0/s1. The highest BCUT2D eigenvalue weighted by Crippen LogP contribution is 2.29. The quantitative estimate of drug-likeness (QED) is 0.421. The summed E-state index contributed by atoms with van der Waals surface area (Å²) in [4.78, 5) is 36.9. The molecule has 0 bridgehead atoms. The van der Waals surface area contributed by atoms with Crippen molar-refractivity contribution in [2.45, 2.75) is 13.0 Å². The first kappa shape index (κ1) is 19.9. The number of likely N-dealkylation sites (N-methyl/N-ethyl adjacent to an activating group) is 1. The largest absolute Gasteiger partial charge is 0.487 e. The van der Waals surface area contributed by atoms with Crippen molar-refractivity contribution in [2.75, 3.05) is 20.7 Å². The molecule has 2 aromatic rings. The van der Waals surface area contributed by atoms with Crippen LogP contribution in [0.4, 0.5) is 5.69 Å². The van der Waals surface area contributed by atoms with Crippen LogP contribution in [-0.4, -0.2) is 42.4 Å². The van der Waals surface area contributed by atoms with Crippen molar-refractivity contribution in [2.24, 2.45) is 0 Å². The summed E-state index contributed by atoms with van der Waals surface area (Å²) in [6.07, 6.45) is -1.15. The first-order chi connectivity index (χ1) is 12.8. The van der Waals surface area contributed by atoms with E-state index in [1.807, 2.05) is 0 Å². The Kier molecular flexibility index (Phi) is 6.48. The summed E-state index contributed by atoms with van der Waals surface area (Å²) >= 11 is 0. The van der Waals surface area contributed by atoms with Gasteiger partial charge in [-0.1, -0.05) is 30.3 Å². The Balaban J connectivity index is 2.33. The molecule has 0 spiro atoms. The first-order valence-corrected chi connectivity index (χ1v) is 8.23. The van der Waals surface area contributed by atoms with Crippen molar-refractivity contribution in [1.82, 2.24) is 4.90 Å². The molecule has 0 radical (unpaired) electrons. The van der Waals surface area contributed by atoms with Gasteiger partial charge in [-0.3, -0.25) is 14.9 Å². The molecule has 0 saturated carbocycles. The van der Waals surface area contributed by atoms with E-state index in [-0.39, 0.29) is 23.6 Å². The minimum atomic E-state index is -1.15. The molecule has 2 aromatic carbocycles. The Morgan fingerprint density at radius 1 is 1.15 bits per heavy atom. The molecule has 0 fully saturated rings. The molecule has 0 unspecified atom stereocenters. The smallest absolute Gasteiger partial charge is 0.339 e. The number of benzene rings is 2. The van der Waals surface area contributed by atoms with Crippen LogP contribution >= 0.6 is 0 Å². The van der Waals surface area contributed by atoms with E-state index >= 15 is 0 Å². The molecule has 142 valence electrons. The summed E-state index contributed by atoms with van der Waals surface area (Å²) in [7, 11) is 3.10. The van der Waals surface area contributed by atoms with E-state index in [1.165, 1.54) is 17.0 Å². The van der Waals surface area contributed by atoms with Crippen molar-refractivity contribution in [1.29, 1.82) is 0 Å². The molecular formula is C19H20N2O6. The highest BCUT2D eigenvalue weighted by Gasteiger charge is 2.28. The zero-order chi connectivity index (χ0) is 20.0. The van der Waals surface area contributed by atoms with Crippen molar-refractivity contribution in [3.8, 4) is 5.75 Å². The van der Waals surface area contributed by atoms with Crippen LogP contribution < -0.4 is 4.74 Å². The van der Waals surface area contributed by atoms with Gasteiger partial charge in [0.05, 0.1) is 17.1 Å². The zero-order valence-corrected chi connectivity index (χ0v) is 15.2. The summed E-state index contributed by atoms with van der Waals surface area (Å²) in [6.45, 7) is 1.95. The number of nitro benzene ring substituents is 1. The van der Waals surface area contributed by atoms with Crippen LogP contribution in [0.5, 0.6) is 5.75 Å². The van der Waals surface area contributed by atoms with E-state index in [0.717, 1.165) is 6.07 Å². The summed E-state index contributed by atoms with van der Waals surface area (Å²) in [5.74, 6) is -1.21. The second kappa shape index (κ2) is 8.79. The van der Waals surface area contributed by atoms with Crippen LogP contribution in [0.15, 0.2) is 48.5 Å². The van der Waals surface area contributed by atoms with E-state index in [2.05, 4.69) is 0 Å². The third-order valence-electron chi connectivity index (χ3n) is 3.68. The molecule has 0 N–H and O–H groups in total. The van der Waals surface area contributed by atoms with Crippen LogP contribution in [0, 0.1) is 10.1 Å². The number of nitrogens with zero attached hydrogens (tertiary/aromatic N) is 2. The van der Waals surface area contributed by atoms with Gasteiger partial charge in [-0.2, -0.15) is 0 Å². The molecule has 1 amide bonds. The highest BCUT2D eigenvalue weighted by molar-refractivity contribution is 5.93. The van der Waals surface area contributed by atoms with Gasteiger partial charge in [-0.25, -0.2) is 4.79 Å². The lowest BCUT2D eigenvalue weighted by atomic mass is 10.1. The average molecular weight is 372 g/mol. The molecular weight excluding hydrogens is 352 g/mol. The highest BCUT2D eigenvalue weighted by atomic mass is 16.6. The average Bonchev–Trinajstić information content (AvgIpc) is 2.66. The summed E-state index contributed by atoms with van der Waals surface area (Å²) in [5.41, 5.74) is 0.115. The second-order valence-corrected chi connectivity index (χ2v) is 5.80. The zero-order valence-electron chi connectivity index (χ0n) is 15.2. The van der Waals surface area contributed by atoms with Crippen molar-refractivity contribution < 1.29 is 24.0 Å². The lowest BCUT2D eigenvalue weighted by Gasteiger charge is -2.21. The molecule has 8 nitrogen and oxygen atoms in total. The van der Waals surface area contributed by atoms with E-state index in [4.69, 9.17) is 9.47 Å². The number of ether oxygens (including phenoxy) is 2. The molecule has 0 aliphatic carbocycles. The molecule has 2 rings (SSSR count). The third-order valence-corrected chi connectivity index (χ3v) is 3.68. The molecule has 0 heterocycles. The predicted molar refractivity (Wildman–Crippen MR) is 97.6 cm³/mol. The molecule has 0 aromatic heterocycles. The fourth-order valence-corrected chi connectivity index (χ4v) is 2.36. The van der Waals surface area contributed by atoms with Crippen LogP contribution in [0.2, 0.25) is 0 Å². The van der Waals surface area contributed by atoms with Gasteiger partial charge in [-0.05, 0) is 19.1 Å². The summed E-state index contributed by atoms with van der Waals surface area (Å²) in [6, 6.07) is 12.3. The first-order valence-electron chi connectivity index (χ1n) is 8.23. The van der Waals surface area contributed by atoms with Gasteiger partial charge in [-0.15, -0.1) is 0 Å². The third kappa shape index (κ3) is 4.81.